The molecular weight excluding hydrogens is 382 g/mol. The molecule has 0 aliphatic rings. The second-order valence-corrected chi connectivity index (χ2v) is 8.02. The molecule has 4 aromatic rings. The highest BCUT2D eigenvalue weighted by Crippen LogP contribution is 2.30. The summed E-state index contributed by atoms with van der Waals surface area (Å²) >= 11 is 2.88. The van der Waals surface area contributed by atoms with E-state index in [-0.39, 0.29) is 11.6 Å². The summed E-state index contributed by atoms with van der Waals surface area (Å²) in [5.41, 5.74) is 2.50. The van der Waals surface area contributed by atoms with Crippen molar-refractivity contribution in [1.82, 2.24) is 4.98 Å². The van der Waals surface area contributed by atoms with Gasteiger partial charge in [-0.3, -0.25) is 14.9 Å². The quantitative estimate of drug-likeness (QED) is 0.365. The SMILES string of the molecule is Cc1nc(-c2cccc(NC(=O)c3cc4cc([N+](=O)[O-])ccc4s3)c2)cs1. The standard InChI is InChI=1S/C19H13N3O3S2/c1-11-20-16(10-26-11)12-3-2-4-14(7-12)21-19(23)18-9-13-8-15(22(24)25)5-6-17(13)27-18/h2-10H,1H3,(H,21,23). The average Bonchev–Trinajstić information content (AvgIpc) is 3.27. The number of fused-ring (bicyclic) bond motifs is 1. The fourth-order valence-electron chi connectivity index (χ4n) is 2.70. The Balaban J connectivity index is 1.59. The van der Waals surface area contributed by atoms with E-state index < -0.39 is 4.92 Å². The van der Waals surface area contributed by atoms with Crippen molar-refractivity contribution in [2.75, 3.05) is 5.32 Å². The number of nitrogens with zero attached hydrogens (tertiary/aromatic N) is 2. The molecule has 0 atom stereocenters. The lowest BCUT2D eigenvalue weighted by Gasteiger charge is -2.05. The van der Waals surface area contributed by atoms with Gasteiger partial charge in [-0.15, -0.1) is 22.7 Å². The minimum absolute atomic E-state index is 0.0125. The van der Waals surface area contributed by atoms with E-state index in [1.54, 1.807) is 23.5 Å². The number of non-ortho nitro benzene ring substituents is 1. The summed E-state index contributed by atoms with van der Waals surface area (Å²) in [5.74, 6) is -0.245. The van der Waals surface area contributed by atoms with Gasteiger partial charge in [-0.1, -0.05) is 12.1 Å². The number of carbonyl (C=O) groups is 1. The summed E-state index contributed by atoms with van der Waals surface area (Å²) < 4.78 is 0.831. The van der Waals surface area contributed by atoms with Gasteiger partial charge in [-0.2, -0.15) is 0 Å². The van der Waals surface area contributed by atoms with Gasteiger partial charge in [0.2, 0.25) is 0 Å². The van der Waals surface area contributed by atoms with Gasteiger partial charge < -0.3 is 5.32 Å². The third-order valence-corrected chi connectivity index (χ3v) is 5.86. The van der Waals surface area contributed by atoms with E-state index in [0.717, 1.165) is 21.0 Å². The first kappa shape index (κ1) is 17.3. The van der Waals surface area contributed by atoms with Crippen LogP contribution in [-0.2, 0) is 0 Å². The average molecular weight is 395 g/mol. The van der Waals surface area contributed by atoms with E-state index in [1.807, 2.05) is 36.6 Å². The number of carbonyl (C=O) groups excluding carboxylic acids is 1. The molecule has 0 aliphatic carbocycles. The zero-order valence-corrected chi connectivity index (χ0v) is 15.8. The predicted octanol–water partition coefficient (Wildman–Crippen LogP) is 5.49. The Morgan fingerprint density at radius 3 is 2.78 bits per heavy atom. The second-order valence-electron chi connectivity index (χ2n) is 5.88. The maximum Gasteiger partial charge on any atom is 0.270 e. The molecule has 8 heteroatoms. The van der Waals surface area contributed by atoms with Crippen LogP contribution in [0.3, 0.4) is 0 Å². The van der Waals surface area contributed by atoms with Gasteiger partial charge in [-0.25, -0.2) is 4.98 Å². The Morgan fingerprint density at radius 1 is 1.19 bits per heavy atom. The Bertz CT molecular complexity index is 1180. The first-order chi connectivity index (χ1) is 13.0. The topological polar surface area (TPSA) is 85.1 Å². The molecule has 1 N–H and O–H groups in total. The van der Waals surface area contributed by atoms with E-state index in [2.05, 4.69) is 10.3 Å². The van der Waals surface area contributed by atoms with Crippen LogP contribution < -0.4 is 5.32 Å². The number of amides is 1. The molecule has 134 valence electrons. The highest BCUT2D eigenvalue weighted by Gasteiger charge is 2.14. The number of benzene rings is 2. The van der Waals surface area contributed by atoms with Crippen LogP contribution in [0.25, 0.3) is 21.3 Å². The predicted molar refractivity (Wildman–Crippen MR) is 109 cm³/mol. The summed E-state index contributed by atoms with van der Waals surface area (Å²) in [4.78, 5) is 28.0. The third kappa shape index (κ3) is 3.57. The van der Waals surface area contributed by atoms with Gasteiger partial charge in [0.25, 0.3) is 11.6 Å². The Kier molecular flexibility index (Phi) is 4.43. The number of hydrogen-bond acceptors (Lipinski definition) is 6. The first-order valence-corrected chi connectivity index (χ1v) is 9.71. The monoisotopic (exact) mass is 395 g/mol. The summed E-state index contributed by atoms with van der Waals surface area (Å²) in [6.07, 6.45) is 0. The summed E-state index contributed by atoms with van der Waals surface area (Å²) in [5, 5.41) is 17.4. The first-order valence-electron chi connectivity index (χ1n) is 8.01. The van der Waals surface area contributed by atoms with Gasteiger partial charge in [0.05, 0.1) is 20.5 Å². The number of aryl methyl sites for hydroxylation is 1. The van der Waals surface area contributed by atoms with Gasteiger partial charge in [0.1, 0.15) is 0 Å². The molecule has 0 fully saturated rings. The summed E-state index contributed by atoms with van der Waals surface area (Å²) in [6, 6.07) is 13.8. The Morgan fingerprint density at radius 2 is 2.04 bits per heavy atom. The van der Waals surface area contributed by atoms with Crippen LogP contribution in [0.15, 0.2) is 53.9 Å². The van der Waals surface area contributed by atoms with Crippen LogP contribution in [0.1, 0.15) is 14.7 Å². The number of thiophene rings is 1. The molecule has 0 spiro atoms. The van der Waals surface area contributed by atoms with Crippen LogP contribution in [0.5, 0.6) is 0 Å². The number of nitro benzene ring substituents is 1. The lowest BCUT2D eigenvalue weighted by atomic mass is 10.1. The van der Waals surface area contributed by atoms with Gasteiger partial charge >= 0.3 is 0 Å². The van der Waals surface area contributed by atoms with Crippen molar-refractivity contribution < 1.29 is 9.72 Å². The maximum atomic E-state index is 12.6. The van der Waals surface area contributed by atoms with Crippen LogP contribution in [0.4, 0.5) is 11.4 Å². The van der Waals surface area contributed by atoms with Gasteiger partial charge in [0.15, 0.2) is 0 Å². The van der Waals surface area contributed by atoms with E-state index >= 15 is 0 Å². The number of hydrogen-bond donors (Lipinski definition) is 1. The fraction of sp³-hybridized carbons (Fsp3) is 0.0526. The number of rotatable bonds is 4. The summed E-state index contributed by atoms with van der Waals surface area (Å²) in [6.45, 7) is 1.95. The molecule has 2 heterocycles. The van der Waals surface area contributed by atoms with E-state index in [0.29, 0.717) is 16.0 Å². The molecule has 0 radical (unpaired) electrons. The molecule has 0 saturated heterocycles. The smallest absolute Gasteiger partial charge is 0.270 e. The molecular formula is C19H13N3O3S2. The van der Waals surface area contributed by atoms with Crippen molar-refractivity contribution in [1.29, 1.82) is 0 Å². The zero-order chi connectivity index (χ0) is 19.0. The molecule has 2 aromatic heterocycles. The van der Waals surface area contributed by atoms with E-state index in [4.69, 9.17) is 0 Å². The lowest BCUT2D eigenvalue weighted by Crippen LogP contribution is -2.09. The minimum Gasteiger partial charge on any atom is -0.321 e. The highest BCUT2D eigenvalue weighted by atomic mass is 32.1. The van der Waals surface area contributed by atoms with E-state index in [1.165, 1.54) is 23.5 Å². The molecule has 4 rings (SSSR count). The number of nitro groups is 1. The number of aromatic nitrogens is 1. The van der Waals surface area contributed by atoms with Crippen molar-refractivity contribution in [2.24, 2.45) is 0 Å². The fourth-order valence-corrected chi connectivity index (χ4v) is 4.26. The molecule has 1 amide bonds. The largest absolute Gasteiger partial charge is 0.321 e. The van der Waals surface area contributed by atoms with Gasteiger partial charge in [-0.05, 0) is 31.2 Å². The second kappa shape index (κ2) is 6.90. The van der Waals surface area contributed by atoms with Crippen LogP contribution in [0.2, 0.25) is 0 Å². The minimum atomic E-state index is -0.442. The van der Waals surface area contributed by atoms with Crippen molar-refractivity contribution >= 4 is 50.0 Å². The highest BCUT2D eigenvalue weighted by molar-refractivity contribution is 7.20. The summed E-state index contributed by atoms with van der Waals surface area (Å²) in [7, 11) is 0. The maximum absolute atomic E-state index is 12.6. The van der Waals surface area contributed by atoms with Gasteiger partial charge in [0, 0.05) is 38.8 Å². The van der Waals surface area contributed by atoms with Crippen LogP contribution >= 0.6 is 22.7 Å². The van der Waals surface area contributed by atoms with Crippen molar-refractivity contribution in [3.8, 4) is 11.3 Å². The zero-order valence-electron chi connectivity index (χ0n) is 14.1. The lowest BCUT2D eigenvalue weighted by molar-refractivity contribution is -0.384. The Labute approximate surface area is 162 Å². The normalized spacial score (nSPS) is 10.9. The number of anilines is 1. The van der Waals surface area contributed by atoms with Crippen molar-refractivity contribution in [3.05, 3.63) is 73.9 Å². The molecule has 27 heavy (non-hydrogen) atoms. The van der Waals surface area contributed by atoms with E-state index in [9.17, 15) is 14.9 Å². The molecule has 6 nitrogen and oxygen atoms in total. The number of nitrogens with one attached hydrogen (secondary N) is 1. The van der Waals surface area contributed by atoms with Crippen molar-refractivity contribution in [3.63, 3.8) is 0 Å². The van der Waals surface area contributed by atoms with Crippen LogP contribution in [0, 0.1) is 17.0 Å². The number of thiazole rings is 1. The molecule has 0 aliphatic heterocycles. The molecule has 0 unspecified atom stereocenters. The molecule has 0 saturated carbocycles. The van der Waals surface area contributed by atoms with Crippen LogP contribution in [-0.4, -0.2) is 15.8 Å². The molecule has 0 bridgehead atoms. The molecule has 2 aromatic carbocycles. The van der Waals surface area contributed by atoms with Crippen molar-refractivity contribution in [2.45, 2.75) is 6.92 Å². The third-order valence-electron chi connectivity index (χ3n) is 3.97. The Hall–Kier alpha value is -3.10.